The van der Waals surface area contributed by atoms with Crippen LogP contribution in [0.4, 0.5) is 0 Å². The van der Waals surface area contributed by atoms with Crippen LogP contribution in [0.15, 0.2) is 0 Å². The number of hydrogen-bond acceptors (Lipinski definition) is 8. The van der Waals surface area contributed by atoms with Gasteiger partial charge >= 0.3 is 11.9 Å². The zero-order valence-electron chi connectivity index (χ0n) is 15.6. The number of carboxylic acids is 2. The molecule has 1 aliphatic rings. The third-order valence-corrected chi connectivity index (χ3v) is 4.82. The lowest BCUT2D eigenvalue weighted by Crippen LogP contribution is -2.58. The molecule has 0 bridgehead atoms. The van der Waals surface area contributed by atoms with Gasteiger partial charge in [0.2, 0.25) is 17.7 Å². The lowest BCUT2D eigenvalue weighted by atomic mass is 10.1. The number of aliphatic hydroxyl groups excluding tert-OH is 1. The lowest BCUT2D eigenvalue weighted by Gasteiger charge is -2.28. The highest BCUT2D eigenvalue weighted by atomic mass is 32.1. The largest absolute Gasteiger partial charge is 0.481 e. The van der Waals surface area contributed by atoms with Gasteiger partial charge in [-0.25, -0.2) is 4.79 Å². The van der Waals surface area contributed by atoms with Crippen LogP contribution < -0.4 is 16.4 Å². The van der Waals surface area contributed by atoms with Crippen molar-refractivity contribution in [1.82, 2.24) is 15.5 Å². The van der Waals surface area contributed by atoms with Gasteiger partial charge in [-0.15, -0.1) is 0 Å². The third kappa shape index (κ3) is 7.18. The Balaban J connectivity index is 2.87. The molecule has 164 valence electrons. The van der Waals surface area contributed by atoms with Crippen molar-refractivity contribution in [1.29, 1.82) is 0 Å². The van der Waals surface area contributed by atoms with E-state index in [9.17, 15) is 34.2 Å². The minimum Gasteiger partial charge on any atom is -0.481 e. The van der Waals surface area contributed by atoms with Crippen LogP contribution in [-0.2, 0) is 24.0 Å². The van der Waals surface area contributed by atoms with E-state index < -0.39 is 66.9 Å². The molecule has 29 heavy (non-hydrogen) atoms. The van der Waals surface area contributed by atoms with Gasteiger partial charge in [0.05, 0.1) is 12.6 Å². The summed E-state index contributed by atoms with van der Waals surface area (Å²) in [5, 5.41) is 32.1. The van der Waals surface area contributed by atoms with Gasteiger partial charge in [0, 0.05) is 18.7 Å². The number of nitrogens with zero attached hydrogens (tertiary/aromatic N) is 1. The van der Waals surface area contributed by atoms with Crippen LogP contribution in [0.25, 0.3) is 0 Å². The summed E-state index contributed by atoms with van der Waals surface area (Å²) in [4.78, 5) is 60.2. The lowest BCUT2D eigenvalue weighted by molar-refractivity contribution is -0.150. The van der Waals surface area contributed by atoms with Crippen LogP contribution in [0, 0.1) is 0 Å². The van der Waals surface area contributed by atoms with Crippen molar-refractivity contribution in [3.63, 3.8) is 0 Å². The standard InChI is InChI=1S/C16H26N4O8S/c17-8(7-29)13(24)18-9(3-4-12(22)23)14(25)19-10(6-21)15(26)20-5-1-2-11(20)16(27)28/h8-11,21,29H,1-7,17H2,(H,18,24)(H,19,25)(H,22,23)(H,27,28). The van der Waals surface area contributed by atoms with Crippen LogP contribution in [0.1, 0.15) is 25.7 Å². The molecule has 0 aliphatic carbocycles. The van der Waals surface area contributed by atoms with Crippen LogP contribution in [0.5, 0.6) is 0 Å². The molecule has 4 unspecified atom stereocenters. The molecule has 13 heteroatoms. The van der Waals surface area contributed by atoms with Crippen molar-refractivity contribution in [3.05, 3.63) is 0 Å². The summed E-state index contributed by atoms with van der Waals surface area (Å²) in [6.07, 6.45) is -0.000770. The van der Waals surface area contributed by atoms with E-state index in [1.165, 1.54) is 0 Å². The van der Waals surface area contributed by atoms with E-state index in [0.717, 1.165) is 4.90 Å². The molecule has 1 fully saturated rings. The molecular weight excluding hydrogens is 408 g/mol. The van der Waals surface area contributed by atoms with Crippen molar-refractivity contribution in [2.75, 3.05) is 18.9 Å². The van der Waals surface area contributed by atoms with Crippen molar-refractivity contribution in [2.45, 2.75) is 49.9 Å². The normalized spacial score (nSPS) is 19.1. The number of carbonyl (C=O) groups is 5. The number of aliphatic carboxylic acids is 2. The summed E-state index contributed by atoms with van der Waals surface area (Å²) in [7, 11) is 0. The van der Waals surface area contributed by atoms with Crippen molar-refractivity contribution in [2.24, 2.45) is 5.73 Å². The highest BCUT2D eigenvalue weighted by molar-refractivity contribution is 7.80. The van der Waals surface area contributed by atoms with Crippen molar-refractivity contribution in [3.8, 4) is 0 Å². The number of carboxylic acid groups (broad SMARTS) is 2. The molecule has 3 amide bonds. The Morgan fingerprint density at radius 1 is 1.10 bits per heavy atom. The fourth-order valence-electron chi connectivity index (χ4n) is 2.84. The van der Waals surface area contributed by atoms with Crippen molar-refractivity contribution >= 4 is 42.3 Å². The van der Waals surface area contributed by atoms with Gasteiger partial charge in [-0.3, -0.25) is 19.2 Å². The zero-order chi connectivity index (χ0) is 22.1. The number of nitrogens with two attached hydrogens (primary N) is 1. The fourth-order valence-corrected chi connectivity index (χ4v) is 3.01. The molecule has 0 aromatic carbocycles. The first-order valence-corrected chi connectivity index (χ1v) is 9.58. The molecule has 1 rings (SSSR count). The first-order chi connectivity index (χ1) is 13.6. The van der Waals surface area contributed by atoms with Gasteiger partial charge in [0.25, 0.3) is 0 Å². The van der Waals surface area contributed by atoms with E-state index in [4.69, 9.17) is 10.8 Å². The summed E-state index contributed by atoms with van der Waals surface area (Å²) >= 11 is 3.87. The minimum absolute atomic E-state index is 0.0115. The molecule has 0 spiro atoms. The Morgan fingerprint density at radius 2 is 1.72 bits per heavy atom. The molecule has 0 aromatic heterocycles. The van der Waals surface area contributed by atoms with Gasteiger partial charge < -0.3 is 36.6 Å². The monoisotopic (exact) mass is 434 g/mol. The molecule has 0 saturated carbocycles. The number of nitrogens with one attached hydrogen (secondary N) is 2. The second kappa shape index (κ2) is 11.6. The van der Waals surface area contributed by atoms with Gasteiger partial charge in [0.1, 0.15) is 18.1 Å². The van der Waals surface area contributed by atoms with Crippen LogP contribution in [0.2, 0.25) is 0 Å². The van der Waals surface area contributed by atoms with Gasteiger partial charge in [-0.05, 0) is 19.3 Å². The molecule has 12 nitrogen and oxygen atoms in total. The Labute approximate surface area is 172 Å². The second-order valence-electron chi connectivity index (χ2n) is 6.55. The van der Waals surface area contributed by atoms with Gasteiger partial charge in [-0.2, -0.15) is 12.6 Å². The Bertz CT molecular complexity index is 646. The summed E-state index contributed by atoms with van der Waals surface area (Å²) in [6, 6.07) is -4.84. The minimum atomic E-state index is -1.44. The van der Waals surface area contributed by atoms with E-state index in [0.29, 0.717) is 6.42 Å². The maximum absolute atomic E-state index is 12.6. The number of aliphatic hydroxyl groups is 1. The highest BCUT2D eigenvalue weighted by Gasteiger charge is 2.38. The quantitative estimate of drug-likeness (QED) is 0.167. The van der Waals surface area contributed by atoms with Crippen LogP contribution in [0.3, 0.4) is 0 Å². The highest BCUT2D eigenvalue weighted by Crippen LogP contribution is 2.18. The SMILES string of the molecule is NC(CS)C(=O)NC(CCC(=O)O)C(=O)NC(CO)C(=O)N1CCCC1C(=O)O. The number of hydrogen-bond donors (Lipinski definition) is 7. The van der Waals surface area contributed by atoms with E-state index in [-0.39, 0.29) is 25.1 Å². The molecule has 1 heterocycles. The van der Waals surface area contributed by atoms with E-state index in [1.54, 1.807) is 0 Å². The molecule has 4 atom stereocenters. The number of thiol groups is 1. The number of carbonyl (C=O) groups excluding carboxylic acids is 3. The average molecular weight is 434 g/mol. The Morgan fingerprint density at radius 3 is 2.24 bits per heavy atom. The van der Waals surface area contributed by atoms with E-state index >= 15 is 0 Å². The molecule has 0 aromatic rings. The third-order valence-electron chi connectivity index (χ3n) is 4.43. The summed E-state index contributed by atoms with van der Waals surface area (Å²) in [5.41, 5.74) is 5.53. The Kier molecular flexibility index (Phi) is 9.85. The number of likely N-dealkylation sites (tertiary alicyclic amines) is 1. The van der Waals surface area contributed by atoms with Gasteiger partial charge in [0.15, 0.2) is 0 Å². The predicted molar refractivity (Wildman–Crippen MR) is 102 cm³/mol. The predicted octanol–water partition coefficient (Wildman–Crippen LogP) is -2.85. The first kappa shape index (κ1) is 24.7. The fraction of sp³-hybridized carbons (Fsp3) is 0.688. The van der Waals surface area contributed by atoms with Gasteiger partial charge in [-0.1, -0.05) is 0 Å². The van der Waals surface area contributed by atoms with Crippen LogP contribution >= 0.6 is 12.6 Å². The van der Waals surface area contributed by atoms with Crippen LogP contribution in [-0.4, -0.2) is 93.0 Å². The van der Waals surface area contributed by atoms with E-state index in [1.807, 2.05) is 0 Å². The maximum Gasteiger partial charge on any atom is 0.326 e. The average Bonchev–Trinajstić information content (AvgIpc) is 3.17. The molecular formula is C16H26N4O8S. The summed E-state index contributed by atoms with van der Waals surface area (Å²) < 4.78 is 0. The number of amides is 3. The zero-order valence-corrected chi connectivity index (χ0v) is 16.5. The summed E-state index contributed by atoms with van der Waals surface area (Å²) in [5.74, 6) is -4.81. The Hall–Kier alpha value is -2.38. The smallest absolute Gasteiger partial charge is 0.326 e. The molecule has 7 N–H and O–H groups in total. The second-order valence-corrected chi connectivity index (χ2v) is 6.92. The molecule has 0 radical (unpaired) electrons. The van der Waals surface area contributed by atoms with Crippen molar-refractivity contribution < 1.29 is 39.3 Å². The topological polar surface area (TPSA) is 199 Å². The molecule has 1 aliphatic heterocycles. The first-order valence-electron chi connectivity index (χ1n) is 8.95. The summed E-state index contributed by atoms with van der Waals surface area (Å²) in [6.45, 7) is -0.638. The maximum atomic E-state index is 12.6. The number of rotatable bonds is 11. The molecule has 1 saturated heterocycles. The van der Waals surface area contributed by atoms with E-state index in [2.05, 4.69) is 23.3 Å².